The van der Waals surface area contributed by atoms with E-state index < -0.39 is 5.41 Å². The first-order chi connectivity index (χ1) is 8.65. The minimum Gasteiger partial charge on any atom is -0.392 e. The number of hydrogen-bond donors (Lipinski definition) is 2. The second kappa shape index (κ2) is 7.43. The summed E-state index contributed by atoms with van der Waals surface area (Å²) in [6, 6.07) is 0. The zero-order valence-electron chi connectivity index (χ0n) is 12.4. The van der Waals surface area contributed by atoms with Crippen molar-refractivity contribution in [3.8, 4) is 0 Å². The van der Waals surface area contributed by atoms with Gasteiger partial charge in [0, 0.05) is 13.6 Å². The van der Waals surface area contributed by atoms with Gasteiger partial charge in [-0.25, -0.2) is 0 Å². The first kappa shape index (κ1) is 17.8. The molecular formula is C13H25N3O2S. The van der Waals surface area contributed by atoms with Crippen molar-refractivity contribution in [3.63, 3.8) is 0 Å². The summed E-state index contributed by atoms with van der Waals surface area (Å²) in [4.78, 5) is 25.5. The number of carbonyl (C=O) groups is 2. The molecule has 2 amide bonds. The van der Waals surface area contributed by atoms with Crippen LogP contribution in [-0.2, 0) is 9.59 Å². The molecule has 0 bridgehead atoms. The highest BCUT2D eigenvalue weighted by atomic mass is 32.1. The van der Waals surface area contributed by atoms with Crippen LogP contribution in [0.4, 0.5) is 0 Å². The van der Waals surface area contributed by atoms with Crippen LogP contribution in [0.3, 0.4) is 0 Å². The number of nitrogens with zero attached hydrogens (tertiary/aromatic N) is 1. The zero-order chi connectivity index (χ0) is 15.2. The summed E-state index contributed by atoms with van der Waals surface area (Å²) >= 11 is 4.95. The number of nitrogens with one attached hydrogen (secondary N) is 1. The molecule has 0 radical (unpaired) electrons. The summed E-state index contributed by atoms with van der Waals surface area (Å²) in [6.45, 7) is 8.20. The topological polar surface area (TPSA) is 75.4 Å². The van der Waals surface area contributed by atoms with E-state index in [-0.39, 0.29) is 23.3 Å². The van der Waals surface area contributed by atoms with Crippen LogP contribution in [0, 0.1) is 11.3 Å². The molecule has 3 N–H and O–H groups in total. The summed E-state index contributed by atoms with van der Waals surface area (Å²) in [5.74, 6) is -0.0179. The third-order valence-corrected chi connectivity index (χ3v) is 3.61. The molecular weight excluding hydrogens is 262 g/mol. The van der Waals surface area contributed by atoms with E-state index in [0.717, 1.165) is 0 Å². The van der Waals surface area contributed by atoms with Gasteiger partial charge in [0.05, 0.1) is 16.9 Å². The van der Waals surface area contributed by atoms with E-state index in [1.807, 2.05) is 20.8 Å². The quantitative estimate of drug-likeness (QED) is 0.683. The average molecular weight is 287 g/mol. The van der Waals surface area contributed by atoms with Crippen molar-refractivity contribution in [1.29, 1.82) is 0 Å². The maximum Gasteiger partial charge on any atom is 0.239 e. The molecule has 0 fully saturated rings. The largest absolute Gasteiger partial charge is 0.392 e. The molecule has 0 aromatic heterocycles. The number of rotatable bonds is 7. The molecule has 0 aromatic carbocycles. The van der Waals surface area contributed by atoms with Gasteiger partial charge in [0.1, 0.15) is 0 Å². The van der Waals surface area contributed by atoms with Gasteiger partial charge >= 0.3 is 0 Å². The highest BCUT2D eigenvalue weighted by molar-refractivity contribution is 7.80. The van der Waals surface area contributed by atoms with Crippen LogP contribution in [0.15, 0.2) is 0 Å². The molecule has 6 heteroatoms. The Balaban J connectivity index is 4.57. The number of amides is 2. The van der Waals surface area contributed by atoms with Gasteiger partial charge in [0.2, 0.25) is 11.8 Å². The Labute approximate surface area is 120 Å². The SMILES string of the molecule is CCC(C)(C(=O)N(C)CC(=O)NCC(C)C)C(N)=S. The molecule has 1 atom stereocenters. The van der Waals surface area contributed by atoms with Crippen LogP contribution in [0.1, 0.15) is 34.1 Å². The third-order valence-electron chi connectivity index (χ3n) is 3.16. The van der Waals surface area contributed by atoms with Gasteiger partial charge in [-0.1, -0.05) is 33.0 Å². The Bertz CT molecular complexity index is 358. The molecule has 0 aliphatic heterocycles. The van der Waals surface area contributed by atoms with Gasteiger partial charge in [-0.2, -0.15) is 0 Å². The Morgan fingerprint density at radius 2 is 1.95 bits per heavy atom. The fraction of sp³-hybridized carbons (Fsp3) is 0.769. The fourth-order valence-electron chi connectivity index (χ4n) is 1.51. The number of carbonyl (C=O) groups excluding carboxylic acids is 2. The third kappa shape index (κ3) is 5.14. The molecule has 0 aliphatic rings. The molecule has 0 aromatic rings. The van der Waals surface area contributed by atoms with E-state index >= 15 is 0 Å². The smallest absolute Gasteiger partial charge is 0.239 e. The van der Waals surface area contributed by atoms with Crippen molar-refractivity contribution < 1.29 is 9.59 Å². The standard InChI is InChI=1S/C13H25N3O2S/c1-6-13(4,11(14)19)12(18)16(5)8-10(17)15-7-9(2)3/h9H,6-8H2,1-5H3,(H2,14,19)(H,15,17). The molecule has 0 aliphatic carbocycles. The van der Waals surface area contributed by atoms with Crippen LogP contribution in [0.2, 0.25) is 0 Å². The van der Waals surface area contributed by atoms with E-state index in [2.05, 4.69) is 5.32 Å². The maximum absolute atomic E-state index is 12.3. The predicted octanol–water partition coefficient (Wildman–Crippen LogP) is 0.919. The lowest BCUT2D eigenvalue weighted by Crippen LogP contribution is -2.50. The monoisotopic (exact) mass is 287 g/mol. The Hall–Kier alpha value is -1.17. The fourth-order valence-corrected chi connectivity index (χ4v) is 1.74. The van der Waals surface area contributed by atoms with Crippen LogP contribution in [-0.4, -0.2) is 41.8 Å². The van der Waals surface area contributed by atoms with Crippen molar-refractivity contribution in [1.82, 2.24) is 10.2 Å². The number of likely N-dealkylation sites (N-methyl/N-ethyl adjacent to an activating group) is 1. The van der Waals surface area contributed by atoms with Gasteiger partial charge in [0.25, 0.3) is 0 Å². The summed E-state index contributed by atoms with van der Waals surface area (Å²) in [6.07, 6.45) is 0.513. The summed E-state index contributed by atoms with van der Waals surface area (Å²) in [5, 5.41) is 2.77. The van der Waals surface area contributed by atoms with E-state index in [0.29, 0.717) is 18.9 Å². The summed E-state index contributed by atoms with van der Waals surface area (Å²) in [5.41, 5.74) is 4.75. The van der Waals surface area contributed by atoms with E-state index in [1.165, 1.54) is 4.90 Å². The van der Waals surface area contributed by atoms with Crippen molar-refractivity contribution in [2.24, 2.45) is 17.1 Å². The van der Waals surface area contributed by atoms with Gasteiger partial charge < -0.3 is 16.0 Å². The molecule has 0 rings (SSSR count). The number of thiocarbonyl (C=S) groups is 1. The Kier molecular flexibility index (Phi) is 6.97. The van der Waals surface area contributed by atoms with Crippen molar-refractivity contribution in [2.75, 3.05) is 20.1 Å². The van der Waals surface area contributed by atoms with E-state index in [4.69, 9.17) is 18.0 Å². The molecule has 0 heterocycles. The lowest BCUT2D eigenvalue weighted by molar-refractivity contribution is -0.139. The zero-order valence-corrected chi connectivity index (χ0v) is 13.3. The molecule has 0 saturated heterocycles. The molecule has 110 valence electrons. The molecule has 0 spiro atoms. The van der Waals surface area contributed by atoms with Crippen LogP contribution in [0.5, 0.6) is 0 Å². The van der Waals surface area contributed by atoms with Crippen LogP contribution >= 0.6 is 12.2 Å². The number of nitrogens with two attached hydrogens (primary N) is 1. The van der Waals surface area contributed by atoms with Crippen LogP contribution < -0.4 is 11.1 Å². The molecule has 19 heavy (non-hydrogen) atoms. The number of hydrogen-bond acceptors (Lipinski definition) is 3. The highest BCUT2D eigenvalue weighted by Crippen LogP contribution is 2.24. The van der Waals surface area contributed by atoms with Crippen LogP contribution in [0.25, 0.3) is 0 Å². The highest BCUT2D eigenvalue weighted by Gasteiger charge is 2.37. The minimum absolute atomic E-state index is 0.0176. The Morgan fingerprint density at radius 1 is 1.42 bits per heavy atom. The van der Waals surface area contributed by atoms with Crippen molar-refractivity contribution in [2.45, 2.75) is 34.1 Å². The van der Waals surface area contributed by atoms with Crippen molar-refractivity contribution >= 4 is 29.0 Å². The minimum atomic E-state index is -0.886. The Morgan fingerprint density at radius 3 is 2.32 bits per heavy atom. The second-order valence-electron chi connectivity index (χ2n) is 5.41. The van der Waals surface area contributed by atoms with Gasteiger partial charge in [-0.05, 0) is 19.3 Å². The molecule has 1 unspecified atom stereocenters. The van der Waals surface area contributed by atoms with Gasteiger partial charge in [-0.3, -0.25) is 9.59 Å². The predicted molar refractivity (Wildman–Crippen MR) is 80.7 cm³/mol. The normalized spacial score (nSPS) is 13.8. The van der Waals surface area contributed by atoms with Gasteiger partial charge in [-0.15, -0.1) is 0 Å². The average Bonchev–Trinajstić information content (AvgIpc) is 2.33. The lowest BCUT2D eigenvalue weighted by atomic mass is 9.86. The van der Waals surface area contributed by atoms with E-state index in [9.17, 15) is 9.59 Å². The van der Waals surface area contributed by atoms with Crippen molar-refractivity contribution in [3.05, 3.63) is 0 Å². The first-order valence-electron chi connectivity index (χ1n) is 6.47. The summed E-state index contributed by atoms with van der Waals surface area (Å²) < 4.78 is 0. The van der Waals surface area contributed by atoms with Gasteiger partial charge in [0.15, 0.2) is 0 Å². The lowest BCUT2D eigenvalue weighted by Gasteiger charge is -2.30. The second-order valence-corrected chi connectivity index (χ2v) is 5.85. The first-order valence-corrected chi connectivity index (χ1v) is 6.88. The summed E-state index contributed by atoms with van der Waals surface area (Å²) in [7, 11) is 1.59. The van der Waals surface area contributed by atoms with E-state index in [1.54, 1.807) is 14.0 Å². The molecule has 0 saturated carbocycles. The molecule has 5 nitrogen and oxygen atoms in total. The maximum atomic E-state index is 12.3.